The lowest BCUT2D eigenvalue weighted by Crippen LogP contribution is -2.44. The zero-order valence-electron chi connectivity index (χ0n) is 14.6. The number of hydrogen-bond acceptors (Lipinski definition) is 7. The lowest BCUT2D eigenvalue weighted by atomic mass is 9.96. The second-order valence-electron chi connectivity index (χ2n) is 7.49. The molecule has 1 saturated carbocycles. The highest BCUT2D eigenvalue weighted by Crippen LogP contribution is 2.39. The zero-order valence-corrected chi connectivity index (χ0v) is 14.6. The van der Waals surface area contributed by atoms with Crippen LogP contribution in [0.15, 0.2) is 9.05 Å². The van der Waals surface area contributed by atoms with Crippen LogP contribution in [0, 0.1) is 0 Å². The van der Waals surface area contributed by atoms with E-state index in [0.717, 1.165) is 43.2 Å². The molecule has 7 nitrogen and oxygen atoms in total. The van der Waals surface area contributed by atoms with Crippen molar-refractivity contribution in [1.29, 1.82) is 0 Å². The Morgan fingerprint density at radius 3 is 2.88 bits per heavy atom. The third-order valence-corrected chi connectivity index (χ3v) is 5.63. The maximum absolute atomic E-state index is 5.88. The summed E-state index contributed by atoms with van der Waals surface area (Å²) in [6.07, 6.45) is 6.87. The molecule has 2 aromatic heterocycles. The first-order valence-electron chi connectivity index (χ1n) is 9.45. The Hall–Kier alpha value is -1.73. The predicted molar refractivity (Wildman–Crippen MR) is 88.0 cm³/mol. The molecule has 3 aliphatic rings. The second-order valence-corrected chi connectivity index (χ2v) is 7.49. The van der Waals surface area contributed by atoms with Crippen LogP contribution in [0.3, 0.4) is 0 Å². The van der Waals surface area contributed by atoms with Crippen LogP contribution in [0.4, 0.5) is 0 Å². The number of morpholine rings is 1. The Kier molecular flexibility index (Phi) is 3.86. The van der Waals surface area contributed by atoms with Gasteiger partial charge in [0, 0.05) is 31.0 Å². The van der Waals surface area contributed by atoms with Gasteiger partial charge in [-0.25, -0.2) is 0 Å². The summed E-state index contributed by atoms with van der Waals surface area (Å²) in [5.74, 6) is 3.10. The van der Waals surface area contributed by atoms with E-state index >= 15 is 0 Å². The molecule has 1 saturated heterocycles. The molecule has 0 N–H and O–H groups in total. The summed E-state index contributed by atoms with van der Waals surface area (Å²) < 4.78 is 17.1. The smallest absolute Gasteiger partial charge is 0.246 e. The summed E-state index contributed by atoms with van der Waals surface area (Å²) >= 11 is 0. The van der Waals surface area contributed by atoms with E-state index in [1.54, 1.807) is 0 Å². The molecule has 2 fully saturated rings. The van der Waals surface area contributed by atoms with Gasteiger partial charge in [0.15, 0.2) is 5.82 Å². The van der Waals surface area contributed by atoms with Crippen LogP contribution in [0.25, 0.3) is 0 Å². The molecule has 0 bridgehead atoms. The second kappa shape index (κ2) is 6.21. The number of aromatic nitrogens is 3. The van der Waals surface area contributed by atoms with Gasteiger partial charge in [-0.1, -0.05) is 10.3 Å². The van der Waals surface area contributed by atoms with Crippen molar-refractivity contribution in [3.8, 4) is 0 Å². The van der Waals surface area contributed by atoms with Crippen molar-refractivity contribution in [1.82, 2.24) is 20.2 Å². The van der Waals surface area contributed by atoms with Gasteiger partial charge < -0.3 is 13.8 Å². The van der Waals surface area contributed by atoms with Crippen molar-refractivity contribution in [2.75, 3.05) is 13.2 Å². The minimum absolute atomic E-state index is 0.0176. The summed E-state index contributed by atoms with van der Waals surface area (Å²) in [6, 6.07) is -0.0234. The summed E-state index contributed by atoms with van der Waals surface area (Å²) in [4.78, 5) is 7.02. The Morgan fingerprint density at radius 2 is 2.00 bits per heavy atom. The van der Waals surface area contributed by atoms with Gasteiger partial charge in [0.1, 0.15) is 17.5 Å². The van der Waals surface area contributed by atoms with Crippen LogP contribution in [0.5, 0.6) is 0 Å². The maximum Gasteiger partial charge on any atom is 0.246 e. The number of nitrogens with zero attached hydrogens (tertiary/aromatic N) is 4. The highest BCUT2D eigenvalue weighted by Gasteiger charge is 2.38. The highest BCUT2D eigenvalue weighted by atomic mass is 16.5. The molecule has 0 radical (unpaired) electrons. The molecule has 2 aromatic rings. The Balaban J connectivity index is 1.40. The number of fused-ring (bicyclic) bond motifs is 1. The molecule has 2 aliphatic carbocycles. The quantitative estimate of drug-likeness (QED) is 0.844. The molecule has 2 atom stereocenters. The number of rotatable bonds is 4. The lowest BCUT2D eigenvalue weighted by molar-refractivity contribution is -0.0769. The van der Waals surface area contributed by atoms with Gasteiger partial charge in [-0.2, -0.15) is 4.98 Å². The van der Waals surface area contributed by atoms with Crippen molar-refractivity contribution in [2.45, 2.75) is 70.1 Å². The fourth-order valence-corrected chi connectivity index (χ4v) is 4.06. The summed E-state index contributed by atoms with van der Waals surface area (Å²) in [5, 5.41) is 8.55. The number of ether oxygens (including phenoxy) is 1. The molecule has 0 unspecified atom stereocenters. The summed E-state index contributed by atoms with van der Waals surface area (Å²) in [7, 11) is 0. The van der Waals surface area contributed by atoms with Crippen molar-refractivity contribution < 1.29 is 13.8 Å². The van der Waals surface area contributed by atoms with E-state index in [1.165, 1.54) is 31.2 Å². The normalized spacial score (nSPS) is 27.4. The molecule has 0 aromatic carbocycles. The Labute approximate surface area is 146 Å². The number of aryl methyl sites for hydroxylation is 1. The first-order chi connectivity index (χ1) is 12.3. The van der Waals surface area contributed by atoms with Crippen molar-refractivity contribution in [3.63, 3.8) is 0 Å². The van der Waals surface area contributed by atoms with Gasteiger partial charge in [-0.3, -0.25) is 4.90 Å². The standard InChI is InChI=1S/C18H24N4O3/c1-11-16(18-19-17(21-25-18)12-6-7-12)22(8-9-23-11)10-14-13-4-2-3-5-15(13)24-20-14/h11-12,16H,2-10H2,1H3/t11-,16+/m1/s1. The van der Waals surface area contributed by atoms with Crippen LogP contribution < -0.4 is 0 Å². The van der Waals surface area contributed by atoms with Gasteiger partial charge in [0.25, 0.3) is 0 Å². The van der Waals surface area contributed by atoms with E-state index in [9.17, 15) is 0 Å². The average molecular weight is 344 g/mol. The van der Waals surface area contributed by atoms with Gasteiger partial charge in [0.05, 0.1) is 12.7 Å². The van der Waals surface area contributed by atoms with E-state index in [2.05, 4.69) is 27.1 Å². The molecule has 0 amide bonds. The summed E-state index contributed by atoms with van der Waals surface area (Å²) in [6.45, 7) is 4.37. The predicted octanol–water partition coefficient (Wildman–Crippen LogP) is 2.78. The largest absolute Gasteiger partial charge is 0.375 e. The van der Waals surface area contributed by atoms with Crippen LogP contribution in [0.1, 0.15) is 73.3 Å². The van der Waals surface area contributed by atoms with E-state index in [0.29, 0.717) is 18.4 Å². The topological polar surface area (TPSA) is 77.4 Å². The average Bonchev–Trinajstić information content (AvgIpc) is 3.23. The monoisotopic (exact) mass is 344 g/mol. The molecular formula is C18H24N4O3. The van der Waals surface area contributed by atoms with E-state index in [1.807, 2.05) is 0 Å². The van der Waals surface area contributed by atoms with Crippen molar-refractivity contribution in [3.05, 3.63) is 28.7 Å². The molecule has 5 rings (SSSR count). The van der Waals surface area contributed by atoms with Crippen LogP contribution >= 0.6 is 0 Å². The molecular weight excluding hydrogens is 320 g/mol. The first-order valence-corrected chi connectivity index (χ1v) is 9.45. The van der Waals surface area contributed by atoms with Gasteiger partial charge in [0.2, 0.25) is 5.89 Å². The minimum atomic E-state index is -0.0234. The Morgan fingerprint density at radius 1 is 1.12 bits per heavy atom. The van der Waals surface area contributed by atoms with Crippen LogP contribution in [-0.4, -0.2) is 39.5 Å². The van der Waals surface area contributed by atoms with Gasteiger partial charge in [-0.15, -0.1) is 0 Å². The SMILES string of the molecule is C[C@H]1OCCN(Cc2noc3c2CCCC3)[C@@H]1c1nc(C2CC2)no1. The van der Waals surface area contributed by atoms with E-state index in [-0.39, 0.29) is 12.1 Å². The summed E-state index contributed by atoms with van der Waals surface area (Å²) in [5.41, 5.74) is 2.38. The van der Waals surface area contributed by atoms with E-state index in [4.69, 9.17) is 13.8 Å². The van der Waals surface area contributed by atoms with Crippen LogP contribution in [0.2, 0.25) is 0 Å². The third kappa shape index (κ3) is 2.89. The highest BCUT2D eigenvalue weighted by molar-refractivity contribution is 5.25. The molecule has 0 spiro atoms. The fraction of sp³-hybridized carbons (Fsp3) is 0.722. The molecule has 1 aliphatic heterocycles. The fourth-order valence-electron chi connectivity index (χ4n) is 4.06. The molecule has 25 heavy (non-hydrogen) atoms. The first kappa shape index (κ1) is 15.5. The molecule has 3 heterocycles. The number of hydrogen-bond donors (Lipinski definition) is 0. The Bertz CT molecular complexity index is 751. The molecule has 134 valence electrons. The van der Waals surface area contributed by atoms with Gasteiger partial charge in [-0.05, 0) is 39.0 Å². The van der Waals surface area contributed by atoms with E-state index < -0.39 is 0 Å². The minimum Gasteiger partial charge on any atom is -0.375 e. The van der Waals surface area contributed by atoms with Crippen molar-refractivity contribution in [2.24, 2.45) is 0 Å². The van der Waals surface area contributed by atoms with Crippen LogP contribution in [-0.2, 0) is 24.1 Å². The lowest BCUT2D eigenvalue weighted by Gasteiger charge is -2.37. The van der Waals surface area contributed by atoms with Crippen molar-refractivity contribution >= 4 is 0 Å². The van der Waals surface area contributed by atoms with Gasteiger partial charge >= 0.3 is 0 Å². The molecule has 7 heteroatoms. The zero-order chi connectivity index (χ0) is 16.8. The third-order valence-electron chi connectivity index (χ3n) is 5.63. The maximum atomic E-state index is 5.88.